The number of aryl methyl sites for hydroxylation is 1. The van der Waals surface area contributed by atoms with E-state index in [1.807, 2.05) is 25.1 Å². The molecule has 20 heavy (non-hydrogen) atoms. The maximum Gasteiger partial charge on any atom is 0.127 e. The topological polar surface area (TPSA) is 57.9 Å². The van der Waals surface area contributed by atoms with E-state index in [4.69, 9.17) is 10.00 Å². The standard InChI is InChI=1S/C16H17N3O/c1-12-8-14(11-17)10-16(19-12)18-7-6-13-4-3-5-15(9-13)20-2/h3-5,8-10H,6-7H2,1-2H3,(H,18,19). The summed E-state index contributed by atoms with van der Waals surface area (Å²) in [5.74, 6) is 1.60. The lowest BCUT2D eigenvalue weighted by Gasteiger charge is -2.08. The van der Waals surface area contributed by atoms with E-state index >= 15 is 0 Å². The summed E-state index contributed by atoms with van der Waals surface area (Å²) in [5, 5.41) is 12.2. The van der Waals surface area contributed by atoms with Crippen molar-refractivity contribution in [3.63, 3.8) is 0 Å². The van der Waals surface area contributed by atoms with E-state index in [-0.39, 0.29) is 0 Å². The van der Waals surface area contributed by atoms with E-state index < -0.39 is 0 Å². The minimum atomic E-state index is 0.626. The van der Waals surface area contributed by atoms with Crippen LogP contribution in [-0.2, 0) is 6.42 Å². The Kier molecular flexibility index (Phi) is 4.56. The number of aromatic nitrogens is 1. The molecule has 1 heterocycles. The lowest BCUT2D eigenvalue weighted by molar-refractivity contribution is 0.414. The molecule has 0 bridgehead atoms. The highest BCUT2D eigenvalue weighted by Gasteiger charge is 2.00. The van der Waals surface area contributed by atoms with E-state index in [0.29, 0.717) is 5.56 Å². The molecule has 0 amide bonds. The van der Waals surface area contributed by atoms with Crippen LogP contribution in [0.4, 0.5) is 5.82 Å². The van der Waals surface area contributed by atoms with Crippen molar-refractivity contribution in [2.75, 3.05) is 19.0 Å². The summed E-state index contributed by atoms with van der Waals surface area (Å²) in [6.45, 7) is 2.64. The first-order valence-electron chi connectivity index (χ1n) is 6.47. The fraction of sp³-hybridized carbons (Fsp3) is 0.250. The predicted molar refractivity (Wildman–Crippen MR) is 78.9 cm³/mol. The van der Waals surface area contributed by atoms with Crippen molar-refractivity contribution in [1.29, 1.82) is 5.26 Å². The van der Waals surface area contributed by atoms with E-state index in [9.17, 15) is 0 Å². The molecule has 4 nitrogen and oxygen atoms in total. The van der Waals surface area contributed by atoms with Gasteiger partial charge in [0.25, 0.3) is 0 Å². The number of methoxy groups -OCH3 is 1. The van der Waals surface area contributed by atoms with E-state index in [1.54, 1.807) is 19.2 Å². The molecule has 1 aromatic carbocycles. The Bertz CT molecular complexity index is 632. The summed E-state index contributed by atoms with van der Waals surface area (Å²) in [7, 11) is 1.66. The zero-order valence-electron chi connectivity index (χ0n) is 11.7. The second-order valence-corrected chi connectivity index (χ2v) is 4.52. The first-order chi connectivity index (χ1) is 9.71. The zero-order chi connectivity index (χ0) is 14.4. The molecule has 4 heteroatoms. The number of nitrogens with zero attached hydrogens (tertiary/aromatic N) is 2. The monoisotopic (exact) mass is 267 g/mol. The Labute approximate surface area is 119 Å². The predicted octanol–water partition coefficient (Wildman–Crippen LogP) is 2.92. The molecule has 0 spiro atoms. The van der Waals surface area contributed by atoms with Crippen molar-refractivity contribution in [1.82, 2.24) is 4.98 Å². The molecular weight excluding hydrogens is 250 g/mol. The number of hydrogen-bond donors (Lipinski definition) is 1. The van der Waals surface area contributed by atoms with Crippen molar-refractivity contribution in [3.8, 4) is 11.8 Å². The summed E-state index contributed by atoms with van der Waals surface area (Å²) < 4.78 is 5.20. The molecule has 0 unspecified atom stereocenters. The van der Waals surface area contributed by atoms with Gasteiger partial charge in [0.2, 0.25) is 0 Å². The van der Waals surface area contributed by atoms with Crippen molar-refractivity contribution in [2.24, 2.45) is 0 Å². The molecule has 2 rings (SSSR count). The zero-order valence-corrected chi connectivity index (χ0v) is 11.7. The second-order valence-electron chi connectivity index (χ2n) is 4.52. The number of pyridine rings is 1. The number of rotatable bonds is 5. The molecule has 0 aliphatic rings. The Balaban J connectivity index is 1.96. The van der Waals surface area contributed by atoms with Gasteiger partial charge in [-0.25, -0.2) is 4.98 Å². The summed E-state index contributed by atoms with van der Waals surface area (Å²) in [6.07, 6.45) is 0.870. The van der Waals surface area contributed by atoms with Gasteiger partial charge in [-0.1, -0.05) is 12.1 Å². The van der Waals surface area contributed by atoms with Crippen molar-refractivity contribution < 1.29 is 4.74 Å². The van der Waals surface area contributed by atoms with Crippen LogP contribution in [0.25, 0.3) is 0 Å². The fourth-order valence-corrected chi connectivity index (χ4v) is 1.99. The summed E-state index contributed by atoms with van der Waals surface area (Å²) in [5.41, 5.74) is 2.67. The maximum atomic E-state index is 8.93. The molecule has 0 atom stereocenters. The van der Waals surface area contributed by atoms with Gasteiger partial charge in [-0.3, -0.25) is 0 Å². The van der Waals surface area contributed by atoms with Gasteiger partial charge in [-0.05, 0) is 43.2 Å². The number of hydrogen-bond acceptors (Lipinski definition) is 4. The van der Waals surface area contributed by atoms with Crippen molar-refractivity contribution >= 4 is 5.82 Å². The molecule has 0 aliphatic heterocycles. The molecule has 0 fully saturated rings. The number of benzene rings is 1. The molecule has 1 aromatic heterocycles. The Morgan fingerprint density at radius 3 is 2.90 bits per heavy atom. The van der Waals surface area contributed by atoms with Crippen molar-refractivity contribution in [2.45, 2.75) is 13.3 Å². The van der Waals surface area contributed by atoms with Crippen LogP contribution in [0.1, 0.15) is 16.8 Å². The smallest absolute Gasteiger partial charge is 0.127 e. The molecule has 0 saturated heterocycles. The molecular formula is C16H17N3O. The van der Waals surface area contributed by atoms with E-state index in [2.05, 4.69) is 22.4 Å². The summed E-state index contributed by atoms with van der Waals surface area (Å²) in [4.78, 5) is 4.36. The summed E-state index contributed by atoms with van der Waals surface area (Å²) >= 11 is 0. The van der Waals surface area contributed by atoms with Gasteiger partial charge in [0.15, 0.2) is 0 Å². The van der Waals surface area contributed by atoms with Crippen LogP contribution >= 0.6 is 0 Å². The highest BCUT2D eigenvalue weighted by Crippen LogP contribution is 2.13. The van der Waals surface area contributed by atoms with E-state index in [0.717, 1.165) is 30.2 Å². The van der Waals surface area contributed by atoms with Crippen molar-refractivity contribution in [3.05, 3.63) is 53.2 Å². The average molecular weight is 267 g/mol. The number of nitriles is 1. The minimum Gasteiger partial charge on any atom is -0.497 e. The molecule has 2 aromatic rings. The Hall–Kier alpha value is -2.54. The third-order valence-corrected chi connectivity index (χ3v) is 2.94. The second kappa shape index (κ2) is 6.58. The van der Waals surface area contributed by atoms with Crippen LogP contribution in [0, 0.1) is 18.3 Å². The molecule has 0 saturated carbocycles. The first kappa shape index (κ1) is 13.9. The first-order valence-corrected chi connectivity index (χ1v) is 6.47. The van der Waals surface area contributed by atoms with Crippen LogP contribution in [0.5, 0.6) is 5.75 Å². The van der Waals surface area contributed by atoms with Gasteiger partial charge < -0.3 is 10.1 Å². The quantitative estimate of drug-likeness (QED) is 0.905. The largest absolute Gasteiger partial charge is 0.497 e. The van der Waals surface area contributed by atoms with Gasteiger partial charge in [0, 0.05) is 12.2 Å². The molecule has 0 aliphatic carbocycles. The number of ether oxygens (including phenoxy) is 1. The lowest BCUT2D eigenvalue weighted by Crippen LogP contribution is -2.07. The van der Waals surface area contributed by atoms with E-state index in [1.165, 1.54) is 5.56 Å². The molecule has 0 radical (unpaired) electrons. The van der Waals surface area contributed by atoms with Gasteiger partial charge in [0.05, 0.1) is 18.7 Å². The Morgan fingerprint density at radius 2 is 2.15 bits per heavy atom. The minimum absolute atomic E-state index is 0.626. The summed E-state index contributed by atoms with van der Waals surface area (Å²) in [6, 6.07) is 13.7. The third-order valence-electron chi connectivity index (χ3n) is 2.94. The third kappa shape index (κ3) is 3.72. The lowest BCUT2D eigenvalue weighted by atomic mass is 10.1. The SMILES string of the molecule is COc1cccc(CCNc2cc(C#N)cc(C)n2)c1. The number of anilines is 1. The molecule has 102 valence electrons. The maximum absolute atomic E-state index is 8.93. The van der Waals surface area contributed by atoms with Crippen LogP contribution in [0.3, 0.4) is 0 Å². The van der Waals surface area contributed by atoms with Gasteiger partial charge in [-0.2, -0.15) is 5.26 Å². The number of nitrogens with one attached hydrogen (secondary N) is 1. The van der Waals surface area contributed by atoms with Crippen LogP contribution in [0.2, 0.25) is 0 Å². The fourth-order valence-electron chi connectivity index (χ4n) is 1.99. The molecule has 1 N–H and O–H groups in total. The Morgan fingerprint density at radius 1 is 1.30 bits per heavy atom. The highest BCUT2D eigenvalue weighted by molar-refractivity contribution is 5.44. The normalized spacial score (nSPS) is 9.85. The average Bonchev–Trinajstić information content (AvgIpc) is 2.47. The van der Waals surface area contributed by atoms with Gasteiger partial charge in [-0.15, -0.1) is 0 Å². The van der Waals surface area contributed by atoms with Crippen LogP contribution in [-0.4, -0.2) is 18.6 Å². The highest BCUT2D eigenvalue weighted by atomic mass is 16.5. The van der Waals surface area contributed by atoms with Gasteiger partial charge >= 0.3 is 0 Å². The van der Waals surface area contributed by atoms with Crippen LogP contribution in [0.15, 0.2) is 36.4 Å². The van der Waals surface area contributed by atoms with Crippen LogP contribution < -0.4 is 10.1 Å². The van der Waals surface area contributed by atoms with Gasteiger partial charge in [0.1, 0.15) is 11.6 Å².